The van der Waals surface area contributed by atoms with Gasteiger partial charge in [0.2, 0.25) is 5.95 Å². The topological polar surface area (TPSA) is 79.1 Å². The summed E-state index contributed by atoms with van der Waals surface area (Å²) in [5, 5.41) is 6.87. The molecule has 3 rings (SSSR count). The molecule has 2 aliphatic rings. The van der Waals surface area contributed by atoms with E-state index >= 15 is 0 Å². The number of nitrogen functional groups attached to an aromatic ring is 1. The fourth-order valence-corrected chi connectivity index (χ4v) is 3.65. The number of rotatable bonds is 6. The molecule has 3 atom stereocenters. The van der Waals surface area contributed by atoms with E-state index in [0.29, 0.717) is 12.0 Å². The van der Waals surface area contributed by atoms with E-state index in [9.17, 15) is 0 Å². The van der Waals surface area contributed by atoms with Gasteiger partial charge in [0, 0.05) is 25.2 Å². The number of nitrogens with two attached hydrogens (primary N) is 1. The maximum Gasteiger partial charge on any atom is 0.223 e. The van der Waals surface area contributed by atoms with Gasteiger partial charge in [-0.2, -0.15) is 9.97 Å². The van der Waals surface area contributed by atoms with E-state index in [2.05, 4.69) is 39.6 Å². The molecule has 21 heavy (non-hydrogen) atoms. The molecule has 1 heterocycles. The molecule has 0 amide bonds. The van der Waals surface area contributed by atoms with Gasteiger partial charge in [0.1, 0.15) is 11.6 Å². The molecular formula is C15H26N6. The highest BCUT2D eigenvalue weighted by molar-refractivity contribution is 5.51. The van der Waals surface area contributed by atoms with Gasteiger partial charge in [-0.05, 0) is 45.2 Å². The Hall–Kier alpha value is -1.56. The van der Waals surface area contributed by atoms with Gasteiger partial charge in [-0.3, -0.25) is 0 Å². The van der Waals surface area contributed by atoms with Crippen molar-refractivity contribution in [2.24, 2.45) is 11.8 Å². The summed E-state index contributed by atoms with van der Waals surface area (Å²) in [6.07, 6.45) is 5.42. The van der Waals surface area contributed by atoms with Gasteiger partial charge in [0.25, 0.3) is 0 Å². The Morgan fingerprint density at radius 3 is 2.71 bits per heavy atom. The van der Waals surface area contributed by atoms with E-state index in [-0.39, 0.29) is 0 Å². The quantitative estimate of drug-likeness (QED) is 0.739. The number of hydrogen-bond donors (Lipinski definition) is 3. The smallest absolute Gasteiger partial charge is 0.223 e. The molecular weight excluding hydrogens is 264 g/mol. The van der Waals surface area contributed by atoms with E-state index in [1.807, 2.05) is 6.07 Å². The Kier molecular flexibility index (Phi) is 4.14. The van der Waals surface area contributed by atoms with Crippen molar-refractivity contribution >= 4 is 17.6 Å². The summed E-state index contributed by atoms with van der Waals surface area (Å²) in [7, 11) is 4.11. The molecule has 4 N–H and O–H groups in total. The zero-order chi connectivity index (χ0) is 14.8. The summed E-state index contributed by atoms with van der Waals surface area (Å²) in [6, 6.07) is 2.53. The lowest BCUT2D eigenvalue weighted by Gasteiger charge is -2.23. The minimum Gasteiger partial charge on any atom is -0.369 e. The van der Waals surface area contributed by atoms with Crippen molar-refractivity contribution in [3.05, 3.63) is 6.07 Å². The van der Waals surface area contributed by atoms with Crippen LogP contribution in [0.4, 0.5) is 17.6 Å². The van der Waals surface area contributed by atoms with Crippen molar-refractivity contribution in [1.82, 2.24) is 14.9 Å². The van der Waals surface area contributed by atoms with Crippen LogP contribution in [0, 0.1) is 11.8 Å². The third-order valence-electron chi connectivity index (χ3n) is 4.68. The molecule has 0 aromatic carbocycles. The van der Waals surface area contributed by atoms with E-state index in [4.69, 9.17) is 5.73 Å². The number of aromatic nitrogens is 2. The second-order valence-corrected chi connectivity index (χ2v) is 6.65. The van der Waals surface area contributed by atoms with Gasteiger partial charge in [-0.25, -0.2) is 0 Å². The van der Waals surface area contributed by atoms with Crippen molar-refractivity contribution in [3.8, 4) is 0 Å². The highest BCUT2D eigenvalue weighted by Gasteiger charge is 2.39. The fourth-order valence-electron chi connectivity index (χ4n) is 3.65. The summed E-state index contributed by atoms with van der Waals surface area (Å²) in [4.78, 5) is 10.7. The van der Waals surface area contributed by atoms with Crippen LogP contribution in [0.5, 0.6) is 0 Å². The first kappa shape index (κ1) is 14.4. The molecule has 0 spiro atoms. The monoisotopic (exact) mass is 290 g/mol. The van der Waals surface area contributed by atoms with Crippen LogP contribution in [0.1, 0.15) is 25.7 Å². The van der Waals surface area contributed by atoms with Crippen LogP contribution in [-0.2, 0) is 0 Å². The Morgan fingerprint density at radius 2 is 2.05 bits per heavy atom. The lowest BCUT2D eigenvalue weighted by atomic mass is 9.95. The van der Waals surface area contributed by atoms with Crippen LogP contribution in [0.3, 0.4) is 0 Å². The SMILES string of the molecule is CN(C)CCNc1cc(N[C@@H]2C[C@H]3CC[C@@H]2C3)nc(N)n1. The normalized spacial score (nSPS) is 27.3. The lowest BCUT2D eigenvalue weighted by Crippen LogP contribution is -2.26. The highest BCUT2D eigenvalue weighted by Crippen LogP contribution is 2.45. The molecule has 0 unspecified atom stereocenters. The van der Waals surface area contributed by atoms with Gasteiger partial charge >= 0.3 is 0 Å². The zero-order valence-electron chi connectivity index (χ0n) is 13.0. The third-order valence-corrected chi connectivity index (χ3v) is 4.68. The van der Waals surface area contributed by atoms with Crippen molar-refractivity contribution in [2.75, 3.05) is 43.6 Å². The first-order chi connectivity index (χ1) is 10.1. The van der Waals surface area contributed by atoms with Gasteiger partial charge in [0.05, 0.1) is 0 Å². The molecule has 0 radical (unpaired) electrons. The molecule has 1 aromatic rings. The third kappa shape index (κ3) is 3.56. The van der Waals surface area contributed by atoms with Crippen LogP contribution >= 0.6 is 0 Å². The Labute approximate surface area is 126 Å². The summed E-state index contributed by atoms with van der Waals surface area (Å²) in [6.45, 7) is 1.80. The van der Waals surface area contributed by atoms with Crippen molar-refractivity contribution < 1.29 is 0 Å². The van der Waals surface area contributed by atoms with Gasteiger partial charge < -0.3 is 21.3 Å². The van der Waals surface area contributed by atoms with Crippen molar-refractivity contribution in [2.45, 2.75) is 31.7 Å². The molecule has 2 bridgehead atoms. The maximum absolute atomic E-state index is 5.83. The number of likely N-dealkylation sites (N-methyl/N-ethyl adjacent to an activating group) is 1. The lowest BCUT2D eigenvalue weighted by molar-refractivity contribution is 0.425. The predicted molar refractivity (Wildman–Crippen MR) is 86.3 cm³/mol. The number of anilines is 3. The molecule has 2 saturated carbocycles. The average Bonchev–Trinajstić information content (AvgIpc) is 2.99. The molecule has 0 saturated heterocycles. The van der Waals surface area contributed by atoms with E-state index in [1.54, 1.807) is 0 Å². The second kappa shape index (κ2) is 6.05. The number of fused-ring (bicyclic) bond motifs is 2. The van der Waals surface area contributed by atoms with Crippen LogP contribution in [0.15, 0.2) is 6.07 Å². The first-order valence-electron chi connectivity index (χ1n) is 7.90. The molecule has 0 aliphatic heterocycles. The molecule has 116 valence electrons. The molecule has 6 nitrogen and oxygen atoms in total. The van der Waals surface area contributed by atoms with Crippen LogP contribution in [-0.4, -0.2) is 48.1 Å². The van der Waals surface area contributed by atoms with Crippen molar-refractivity contribution in [3.63, 3.8) is 0 Å². The summed E-state index contributed by atoms with van der Waals surface area (Å²) in [5.41, 5.74) is 5.83. The Bertz CT molecular complexity index is 489. The second-order valence-electron chi connectivity index (χ2n) is 6.65. The largest absolute Gasteiger partial charge is 0.369 e. The molecule has 2 fully saturated rings. The first-order valence-corrected chi connectivity index (χ1v) is 7.90. The van der Waals surface area contributed by atoms with E-state index < -0.39 is 0 Å². The van der Waals surface area contributed by atoms with E-state index in [0.717, 1.165) is 36.6 Å². The number of nitrogens with one attached hydrogen (secondary N) is 2. The summed E-state index contributed by atoms with van der Waals surface area (Å²) >= 11 is 0. The standard InChI is InChI=1S/C15H26N6/c1-21(2)6-5-17-13-9-14(20-15(16)19-13)18-12-8-10-3-4-11(12)7-10/h9-12H,3-8H2,1-2H3,(H4,16,17,18,19,20)/t10-,11+,12+/m0/s1. The average molecular weight is 290 g/mol. The number of nitrogens with zero attached hydrogens (tertiary/aromatic N) is 3. The van der Waals surface area contributed by atoms with Crippen LogP contribution < -0.4 is 16.4 Å². The minimum atomic E-state index is 0.329. The summed E-state index contributed by atoms with van der Waals surface area (Å²) < 4.78 is 0. The van der Waals surface area contributed by atoms with Crippen LogP contribution in [0.25, 0.3) is 0 Å². The number of hydrogen-bond acceptors (Lipinski definition) is 6. The summed E-state index contributed by atoms with van der Waals surface area (Å²) in [5.74, 6) is 3.72. The van der Waals surface area contributed by atoms with Gasteiger partial charge in [-0.15, -0.1) is 0 Å². The van der Waals surface area contributed by atoms with Gasteiger partial charge in [0.15, 0.2) is 0 Å². The van der Waals surface area contributed by atoms with E-state index in [1.165, 1.54) is 25.7 Å². The van der Waals surface area contributed by atoms with Crippen LogP contribution in [0.2, 0.25) is 0 Å². The highest BCUT2D eigenvalue weighted by atomic mass is 15.1. The van der Waals surface area contributed by atoms with Crippen molar-refractivity contribution in [1.29, 1.82) is 0 Å². The Morgan fingerprint density at radius 1 is 1.24 bits per heavy atom. The molecule has 1 aromatic heterocycles. The maximum atomic E-state index is 5.83. The minimum absolute atomic E-state index is 0.329. The molecule has 6 heteroatoms. The molecule has 2 aliphatic carbocycles. The fraction of sp³-hybridized carbons (Fsp3) is 0.733. The zero-order valence-corrected chi connectivity index (χ0v) is 13.0. The van der Waals surface area contributed by atoms with Gasteiger partial charge in [-0.1, -0.05) is 6.42 Å². The Balaban J connectivity index is 1.61. The predicted octanol–water partition coefficient (Wildman–Crippen LogP) is 1.63.